The predicted molar refractivity (Wildman–Crippen MR) is 56.5 cm³/mol. The Balaban J connectivity index is 4.30. The molecule has 0 amide bonds. The molecule has 2 N–H and O–H groups in total. The lowest BCUT2D eigenvalue weighted by atomic mass is 10.2. The number of nitrogens with two attached hydrogens (primary N) is 1. The predicted octanol–water partition coefficient (Wildman–Crippen LogP) is 2.43. The Kier molecular flexibility index (Phi) is 6.02. The molecule has 76 valence electrons. The molecule has 0 unspecified atom stereocenters. The van der Waals surface area contributed by atoms with Gasteiger partial charge in [0.25, 0.3) is 0 Å². The first-order valence-corrected chi connectivity index (χ1v) is 4.66. The molecule has 3 heteroatoms. The average molecular weight is 184 g/mol. The van der Waals surface area contributed by atoms with Gasteiger partial charge < -0.3 is 10.5 Å². The molecular formula is C10H20N2O. The van der Waals surface area contributed by atoms with Crippen LogP contribution in [0.1, 0.15) is 40.0 Å². The Bertz CT molecular complexity index is 203. The van der Waals surface area contributed by atoms with Crippen LogP contribution in [0, 0.1) is 0 Å². The number of rotatable bonds is 4. The third-order valence-electron chi connectivity index (χ3n) is 1.74. The molecule has 0 aliphatic rings. The average Bonchev–Trinajstić information content (AvgIpc) is 2.11. The molecule has 13 heavy (non-hydrogen) atoms. The maximum Gasteiger partial charge on any atom is 0.189 e. The van der Waals surface area contributed by atoms with Crippen molar-refractivity contribution in [1.29, 1.82) is 0 Å². The molecular weight excluding hydrogens is 164 g/mol. The number of hydrogen-bond acceptors (Lipinski definition) is 3. The van der Waals surface area contributed by atoms with Gasteiger partial charge in [0, 0.05) is 6.42 Å². The molecule has 0 saturated carbocycles. The number of ether oxygens (including phenoxy) is 1. The topological polar surface area (TPSA) is 47.6 Å². The lowest BCUT2D eigenvalue weighted by molar-refractivity contribution is 0.387. The van der Waals surface area contributed by atoms with E-state index in [0.717, 1.165) is 30.7 Å². The maximum absolute atomic E-state index is 5.68. The Hall–Kier alpha value is -0.990. The van der Waals surface area contributed by atoms with Crippen molar-refractivity contribution in [2.45, 2.75) is 40.0 Å². The van der Waals surface area contributed by atoms with Crippen molar-refractivity contribution in [2.24, 2.45) is 10.7 Å². The molecule has 0 atom stereocenters. The number of allylic oxidation sites excluding steroid dienone is 1. The summed E-state index contributed by atoms with van der Waals surface area (Å²) in [5, 5.41) is 0. The minimum Gasteiger partial charge on any atom is -0.484 e. The molecule has 0 aromatic carbocycles. The van der Waals surface area contributed by atoms with Crippen molar-refractivity contribution in [3.8, 4) is 0 Å². The van der Waals surface area contributed by atoms with Gasteiger partial charge in [-0.05, 0) is 25.8 Å². The third kappa shape index (κ3) is 5.28. The van der Waals surface area contributed by atoms with Gasteiger partial charge in [0.05, 0.1) is 7.11 Å². The van der Waals surface area contributed by atoms with Crippen molar-refractivity contribution < 1.29 is 4.74 Å². The minimum absolute atomic E-state index is 0.563. The van der Waals surface area contributed by atoms with E-state index in [-0.39, 0.29) is 0 Å². The van der Waals surface area contributed by atoms with E-state index in [9.17, 15) is 0 Å². The van der Waals surface area contributed by atoms with Crippen LogP contribution in [0.25, 0.3) is 0 Å². The van der Waals surface area contributed by atoms with E-state index < -0.39 is 0 Å². The number of nitrogens with zero attached hydrogens (tertiary/aromatic N) is 1. The highest BCUT2D eigenvalue weighted by Crippen LogP contribution is 2.03. The van der Waals surface area contributed by atoms with E-state index in [4.69, 9.17) is 10.5 Å². The molecule has 0 bridgehead atoms. The van der Waals surface area contributed by atoms with E-state index in [2.05, 4.69) is 11.9 Å². The van der Waals surface area contributed by atoms with Gasteiger partial charge in [-0.3, -0.25) is 0 Å². The van der Waals surface area contributed by atoms with Gasteiger partial charge >= 0.3 is 0 Å². The van der Waals surface area contributed by atoms with E-state index in [0.29, 0.717) is 5.82 Å². The first-order valence-electron chi connectivity index (χ1n) is 4.66. The molecule has 0 saturated heterocycles. The monoisotopic (exact) mass is 184 g/mol. The molecule has 0 fully saturated rings. The zero-order valence-electron chi connectivity index (χ0n) is 9.05. The Morgan fingerprint density at radius 1 is 1.38 bits per heavy atom. The highest BCUT2D eigenvalue weighted by molar-refractivity contribution is 5.76. The van der Waals surface area contributed by atoms with Crippen LogP contribution in [0.5, 0.6) is 0 Å². The Labute approximate surface area is 80.7 Å². The summed E-state index contributed by atoms with van der Waals surface area (Å²) in [7, 11) is 1.63. The summed E-state index contributed by atoms with van der Waals surface area (Å²) in [5.74, 6) is 1.29. The van der Waals surface area contributed by atoms with E-state index in [1.807, 2.05) is 13.8 Å². The zero-order valence-corrected chi connectivity index (χ0v) is 9.05. The summed E-state index contributed by atoms with van der Waals surface area (Å²) < 4.78 is 5.11. The SMILES string of the molecule is CCCC/C(=N\C(N)=C(C)C)OC. The van der Waals surface area contributed by atoms with Crippen molar-refractivity contribution in [2.75, 3.05) is 7.11 Å². The second-order valence-electron chi connectivity index (χ2n) is 3.20. The normalized spacial score (nSPS) is 11.2. The van der Waals surface area contributed by atoms with Crippen molar-refractivity contribution >= 4 is 5.90 Å². The van der Waals surface area contributed by atoms with E-state index in [1.165, 1.54) is 0 Å². The highest BCUT2D eigenvalue weighted by atomic mass is 16.5. The Morgan fingerprint density at radius 2 is 2.00 bits per heavy atom. The number of hydrogen-bond donors (Lipinski definition) is 1. The molecule has 0 aromatic rings. The summed E-state index contributed by atoms with van der Waals surface area (Å²) in [6.07, 6.45) is 3.08. The second-order valence-corrected chi connectivity index (χ2v) is 3.20. The fourth-order valence-electron chi connectivity index (χ4n) is 0.778. The van der Waals surface area contributed by atoms with Crippen molar-refractivity contribution in [1.82, 2.24) is 0 Å². The molecule has 0 aliphatic carbocycles. The largest absolute Gasteiger partial charge is 0.484 e. The van der Waals surface area contributed by atoms with Gasteiger partial charge in [-0.1, -0.05) is 13.3 Å². The zero-order chi connectivity index (χ0) is 10.3. The van der Waals surface area contributed by atoms with Crippen LogP contribution in [0.2, 0.25) is 0 Å². The lowest BCUT2D eigenvalue weighted by Gasteiger charge is -2.04. The first-order chi connectivity index (χ1) is 6.11. The fourth-order valence-corrected chi connectivity index (χ4v) is 0.778. The van der Waals surface area contributed by atoms with Crippen molar-refractivity contribution in [3.05, 3.63) is 11.4 Å². The quantitative estimate of drug-likeness (QED) is 0.539. The molecule has 3 nitrogen and oxygen atoms in total. The summed E-state index contributed by atoms with van der Waals surface area (Å²) >= 11 is 0. The van der Waals surface area contributed by atoms with Crippen LogP contribution in [-0.2, 0) is 4.74 Å². The first kappa shape index (κ1) is 12.0. The van der Waals surface area contributed by atoms with E-state index >= 15 is 0 Å². The van der Waals surface area contributed by atoms with Gasteiger partial charge in [0.1, 0.15) is 5.82 Å². The van der Waals surface area contributed by atoms with Crippen LogP contribution in [0.4, 0.5) is 0 Å². The number of methoxy groups -OCH3 is 1. The molecule has 0 heterocycles. The molecule has 0 radical (unpaired) electrons. The van der Waals surface area contributed by atoms with Crippen LogP contribution < -0.4 is 5.73 Å². The summed E-state index contributed by atoms with van der Waals surface area (Å²) in [4.78, 5) is 4.18. The number of unbranched alkanes of at least 4 members (excludes halogenated alkanes) is 1. The van der Waals surface area contributed by atoms with Gasteiger partial charge in [-0.2, -0.15) is 0 Å². The molecule has 0 aromatic heterocycles. The second kappa shape index (κ2) is 6.52. The van der Waals surface area contributed by atoms with Gasteiger partial charge in [-0.15, -0.1) is 0 Å². The Morgan fingerprint density at radius 3 is 2.38 bits per heavy atom. The third-order valence-corrected chi connectivity index (χ3v) is 1.74. The van der Waals surface area contributed by atoms with Crippen LogP contribution in [0.15, 0.2) is 16.4 Å². The smallest absolute Gasteiger partial charge is 0.189 e. The molecule has 0 rings (SSSR count). The van der Waals surface area contributed by atoms with Crippen LogP contribution in [0.3, 0.4) is 0 Å². The van der Waals surface area contributed by atoms with Gasteiger partial charge in [-0.25, -0.2) is 4.99 Å². The molecule has 0 spiro atoms. The standard InChI is InChI=1S/C10H20N2O/c1-5-6-7-9(13-4)12-10(11)8(2)3/h5-7,11H2,1-4H3/b12-9+. The lowest BCUT2D eigenvalue weighted by Crippen LogP contribution is -2.06. The summed E-state index contributed by atoms with van der Waals surface area (Å²) in [5.41, 5.74) is 6.70. The summed E-state index contributed by atoms with van der Waals surface area (Å²) in [6, 6.07) is 0. The number of aliphatic imine (C=N–C) groups is 1. The fraction of sp³-hybridized carbons (Fsp3) is 0.700. The van der Waals surface area contributed by atoms with Gasteiger partial charge in [0.2, 0.25) is 0 Å². The van der Waals surface area contributed by atoms with Gasteiger partial charge in [0.15, 0.2) is 5.90 Å². The highest BCUT2D eigenvalue weighted by Gasteiger charge is 1.98. The maximum atomic E-state index is 5.68. The minimum atomic E-state index is 0.563. The van der Waals surface area contributed by atoms with Crippen molar-refractivity contribution in [3.63, 3.8) is 0 Å². The van der Waals surface area contributed by atoms with Crippen LogP contribution in [-0.4, -0.2) is 13.0 Å². The summed E-state index contributed by atoms with van der Waals surface area (Å²) in [6.45, 7) is 6.01. The van der Waals surface area contributed by atoms with E-state index in [1.54, 1.807) is 7.11 Å². The molecule has 0 aliphatic heterocycles. The van der Waals surface area contributed by atoms with Crippen LogP contribution >= 0.6 is 0 Å².